The first-order valence-electron chi connectivity index (χ1n) is 12.4. The predicted molar refractivity (Wildman–Crippen MR) is 140 cm³/mol. The number of carbonyl (C=O) groups excluding carboxylic acids is 2. The van der Waals surface area contributed by atoms with Crippen LogP contribution in [0.4, 0.5) is 15.2 Å². The summed E-state index contributed by atoms with van der Waals surface area (Å²) in [5.74, 6) is -1.03. The summed E-state index contributed by atoms with van der Waals surface area (Å²) in [5.41, 5.74) is 3.86. The molecule has 0 radical (unpaired) electrons. The molecule has 2 fully saturated rings. The van der Waals surface area contributed by atoms with Gasteiger partial charge in [0.1, 0.15) is 5.82 Å². The van der Waals surface area contributed by atoms with E-state index in [1.54, 1.807) is 21.9 Å². The highest BCUT2D eigenvalue weighted by molar-refractivity contribution is 7.22. The van der Waals surface area contributed by atoms with E-state index >= 15 is 0 Å². The van der Waals surface area contributed by atoms with E-state index in [0.29, 0.717) is 17.4 Å². The molecule has 2 aromatic carbocycles. The monoisotopic (exact) mass is 510 g/mol. The normalized spacial score (nSPS) is 18.8. The number of anilines is 2. The van der Waals surface area contributed by atoms with Gasteiger partial charge < -0.3 is 9.64 Å². The maximum absolute atomic E-state index is 13.8. The van der Waals surface area contributed by atoms with Gasteiger partial charge in [0, 0.05) is 44.8 Å². The second-order valence-electron chi connectivity index (χ2n) is 9.58. The molecule has 1 aromatic heterocycles. The van der Waals surface area contributed by atoms with Gasteiger partial charge in [-0.1, -0.05) is 11.3 Å². The molecule has 190 valence electrons. The summed E-state index contributed by atoms with van der Waals surface area (Å²) in [6, 6.07) is 10.0. The van der Waals surface area contributed by atoms with Gasteiger partial charge in [-0.3, -0.25) is 19.4 Å². The van der Waals surface area contributed by atoms with Gasteiger partial charge in [0.15, 0.2) is 5.13 Å². The van der Waals surface area contributed by atoms with Crippen molar-refractivity contribution in [1.82, 2.24) is 9.88 Å². The Kier molecular flexibility index (Phi) is 7.32. The summed E-state index contributed by atoms with van der Waals surface area (Å²) < 4.78 is 19.9. The van der Waals surface area contributed by atoms with Crippen molar-refractivity contribution in [1.29, 1.82) is 0 Å². The van der Waals surface area contributed by atoms with Crippen molar-refractivity contribution in [2.24, 2.45) is 5.92 Å². The standard InChI is InChI=1S/C27H31FN4O3S/c1-18-14-23-24(15-19(18)2)36-27(29-23)31(9-3-8-30-10-12-35-13-11-30)26(34)20-16-25(33)32(17-20)22-6-4-21(28)5-7-22/h4-7,14-15,20H,3,8-13,16-17H2,1-2H3. The molecule has 7 nitrogen and oxygen atoms in total. The van der Waals surface area contributed by atoms with E-state index in [1.165, 1.54) is 34.6 Å². The third kappa shape index (κ3) is 5.28. The van der Waals surface area contributed by atoms with Crippen molar-refractivity contribution in [3.63, 3.8) is 0 Å². The molecular weight excluding hydrogens is 479 g/mol. The maximum Gasteiger partial charge on any atom is 0.234 e. The Bertz CT molecular complexity index is 1220. The van der Waals surface area contributed by atoms with Crippen LogP contribution in [-0.4, -0.2) is 67.6 Å². The van der Waals surface area contributed by atoms with Crippen LogP contribution >= 0.6 is 11.3 Å². The van der Waals surface area contributed by atoms with Crippen molar-refractivity contribution in [2.75, 3.05) is 55.7 Å². The number of nitrogens with zero attached hydrogens (tertiary/aromatic N) is 4. The summed E-state index contributed by atoms with van der Waals surface area (Å²) in [4.78, 5) is 37.2. The Morgan fingerprint density at radius 1 is 1.17 bits per heavy atom. The van der Waals surface area contributed by atoms with Crippen molar-refractivity contribution in [3.8, 4) is 0 Å². The lowest BCUT2D eigenvalue weighted by molar-refractivity contribution is -0.124. The van der Waals surface area contributed by atoms with Gasteiger partial charge in [-0.2, -0.15) is 0 Å². The largest absolute Gasteiger partial charge is 0.379 e. The fourth-order valence-electron chi connectivity index (χ4n) is 4.82. The lowest BCUT2D eigenvalue weighted by Gasteiger charge is -2.28. The van der Waals surface area contributed by atoms with Crippen molar-refractivity contribution in [3.05, 3.63) is 53.3 Å². The predicted octanol–water partition coefficient (Wildman–Crippen LogP) is 4.16. The lowest BCUT2D eigenvalue weighted by atomic mass is 10.1. The SMILES string of the molecule is Cc1cc2nc(N(CCCN3CCOCC3)C(=O)C3CC(=O)N(c4ccc(F)cc4)C3)sc2cc1C. The summed E-state index contributed by atoms with van der Waals surface area (Å²) in [5, 5.41) is 0.676. The van der Waals surface area contributed by atoms with Gasteiger partial charge in [0.05, 0.1) is 29.3 Å². The molecule has 9 heteroatoms. The zero-order chi connectivity index (χ0) is 25.2. The molecule has 2 amide bonds. The van der Waals surface area contributed by atoms with E-state index in [1.807, 2.05) is 0 Å². The molecule has 3 heterocycles. The van der Waals surface area contributed by atoms with E-state index in [-0.39, 0.29) is 30.6 Å². The van der Waals surface area contributed by atoms with Crippen LogP contribution in [0, 0.1) is 25.6 Å². The minimum Gasteiger partial charge on any atom is -0.379 e. The maximum atomic E-state index is 13.8. The van der Waals surface area contributed by atoms with E-state index < -0.39 is 5.92 Å². The van der Waals surface area contributed by atoms with Crippen LogP contribution in [0.1, 0.15) is 24.0 Å². The second kappa shape index (κ2) is 10.6. The number of aromatic nitrogens is 1. The van der Waals surface area contributed by atoms with Crippen LogP contribution in [0.3, 0.4) is 0 Å². The minimum absolute atomic E-state index is 0.0811. The van der Waals surface area contributed by atoms with Gasteiger partial charge in [-0.15, -0.1) is 0 Å². The van der Waals surface area contributed by atoms with Gasteiger partial charge in [0.25, 0.3) is 0 Å². The molecule has 5 rings (SSSR count). The molecule has 0 bridgehead atoms. The molecule has 0 aliphatic carbocycles. The fourth-order valence-corrected chi connectivity index (χ4v) is 5.90. The van der Waals surface area contributed by atoms with Crippen molar-refractivity contribution >= 4 is 44.2 Å². The molecule has 2 aliphatic heterocycles. The van der Waals surface area contributed by atoms with Crippen molar-refractivity contribution < 1.29 is 18.7 Å². The zero-order valence-electron chi connectivity index (χ0n) is 20.7. The summed E-state index contributed by atoms with van der Waals surface area (Å²) in [7, 11) is 0. The number of rotatable bonds is 7. The molecule has 0 spiro atoms. The lowest BCUT2D eigenvalue weighted by Crippen LogP contribution is -2.41. The summed E-state index contributed by atoms with van der Waals surface area (Å²) in [6.07, 6.45) is 0.946. The molecule has 36 heavy (non-hydrogen) atoms. The quantitative estimate of drug-likeness (QED) is 0.478. The Morgan fingerprint density at radius 2 is 1.89 bits per heavy atom. The van der Waals surface area contributed by atoms with Crippen LogP contribution < -0.4 is 9.80 Å². The number of thiazole rings is 1. The molecule has 0 N–H and O–H groups in total. The number of benzene rings is 2. The highest BCUT2D eigenvalue weighted by Crippen LogP contribution is 2.33. The first-order valence-corrected chi connectivity index (χ1v) is 13.3. The zero-order valence-corrected chi connectivity index (χ0v) is 21.5. The Balaban J connectivity index is 1.37. The highest BCUT2D eigenvalue weighted by Gasteiger charge is 2.38. The molecule has 2 aliphatic rings. The number of amides is 2. The minimum atomic E-state index is -0.471. The molecule has 0 saturated carbocycles. The number of hydrogen-bond donors (Lipinski definition) is 0. The highest BCUT2D eigenvalue weighted by atomic mass is 32.1. The average Bonchev–Trinajstić information content (AvgIpc) is 3.46. The number of hydrogen-bond acceptors (Lipinski definition) is 6. The van der Waals surface area contributed by atoms with Crippen LogP contribution in [0.2, 0.25) is 0 Å². The van der Waals surface area contributed by atoms with Crippen LogP contribution in [0.5, 0.6) is 0 Å². The first-order chi connectivity index (χ1) is 17.4. The van der Waals surface area contributed by atoms with Crippen LogP contribution in [0.15, 0.2) is 36.4 Å². The van der Waals surface area contributed by atoms with Crippen LogP contribution in [-0.2, 0) is 14.3 Å². The van der Waals surface area contributed by atoms with E-state index in [9.17, 15) is 14.0 Å². The van der Waals surface area contributed by atoms with Gasteiger partial charge in [-0.05, 0) is 67.8 Å². The van der Waals surface area contributed by atoms with E-state index in [2.05, 4.69) is 30.9 Å². The molecule has 1 unspecified atom stereocenters. The van der Waals surface area contributed by atoms with Gasteiger partial charge >= 0.3 is 0 Å². The smallest absolute Gasteiger partial charge is 0.234 e. The molecule has 1 atom stereocenters. The van der Waals surface area contributed by atoms with Gasteiger partial charge in [0.2, 0.25) is 11.8 Å². The van der Waals surface area contributed by atoms with Gasteiger partial charge in [-0.25, -0.2) is 9.37 Å². The number of ether oxygens (including phenoxy) is 1. The molecule has 3 aromatic rings. The third-order valence-corrected chi connectivity index (χ3v) is 8.10. The second-order valence-corrected chi connectivity index (χ2v) is 10.6. The Labute approximate surface area is 214 Å². The molecular formula is C27H31FN4O3S. The Morgan fingerprint density at radius 3 is 2.64 bits per heavy atom. The number of halogens is 1. The number of aryl methyl sites for hydroxylation is 2. The van der Waals surface area contributed by atoms with E-state index in [0.717, 1.165) is 49.5 Å². The topological polar surface area (TPSA) is 66.0 Å². The average molecular weight is 511 g/mol. The van der Waals surface area contributed by atoms with Crippen LogP contribution in [0.25, 0.3) is 10.2 Å². The Hall–Kier alpha value is -2.88. The number of morpholine rings is 1. The number of carbonyl (C=O) groups is 2. The third-order valence-electron chi connectivity index (χ3n) is 7.06. The number of fused-ring (bicyclic) bond motifs is 1. The summed E-state index contributed by atoms with van der Waals surface area (Å²) in [6.45, 7) is 9.12. The fraction of sp³-hybridized carbons (Fsp3) is 0.444. The van der Waals surface area contributed by atoms with Crippen molar-refractivity contribution in [2.45, 2.75) is 26.7 Å². The summed E-state index contributed by atoms with van der Waals surface area (Å²) >= 11 is 1.52. The molecule has 2 saturated heterocycles. The van der Waals surface area contributed by atoms with E-state index in [4.69, 9.17) is 9.72 Å². The first kappa shape index (κ1) is 24.8.